The SMILES string of the molecule is Brc1ccc2ncsc2c1.C1CCOC1.CCN(CC)CC.CCO.CCOC(=O)CC(=O)CCl.CCOC(=O)CC1=CS(=O)(=O)c2cc(N(C)S(C)(=O)=O)ccc2N1.CCOC(=O)CC1=CSc2cc(N(C)S(C)(=O)=O)ccc2N1.CN(c1ccc(N)c(S)c1)S(C)(=O)=O.CN(c1ccc2ncsc2c1)S(C)(=O)=O.CNS(C)(=O)=O.NNO.[B]C(=O)N1C(CC(=O)OCC)=CS(=O)(=O)c2cc(N(C)S(C)(=O)=O)ccc21. The first-order chi connectivity index (χ1) is 67.8. The van der Waals surface area contributed by atoms with Crippen LogP contribution >= 0.6 is 74.6 Å². The summed E-state index contributed by atoms with van der Waals surface area (Å²) in [5.74, 6) is 0.682. The standard InChI is InChI=1S/C15H17BN2O7S2.C14H18N2O6S2.C14H18N2O4S2.C9H10N2O2S2.C8H12N2O2S2.C7H4BrNS.C6H9ClO3.C6H15N.C4H8O.C2H7NO2S.C2H6O.H4N2O/c1-4-25-14(19)8-11-9-27(23,24)13-7-10(17(2)26(3,21)22)5-6-12(13)18(11)15(16)20;1-4-22-14(17)7-10-9-24(20,21)13-8-11(5-6-12(13)15-10)16(2)23(3,18)19;1-4-20-14(17)7-10-9-21-13-8-11(5-6-12(13)15-10)16(2)22(3,18)19;1-11(15(2,12)13)7-3-4-8-9(5-7)14-6-10-8;1-10(14(2,11)12)6-3-4-7(9)8(13)5-6;8-5-1-2-6-7(3-5)10-4-9-6;1-2-10-6(9)3-5(8)4-7;1-4-7(5-2)6-3;1-2-4-5-3-1;1-3-6(2,4)5;2*1-2-3/h5-7,9H,4,8H2,1-3H3;5-6,8-9,15H,4,7H2,1-3H3;5-6,8-9,15H,4,7H2,1-3H3;3-6H,1-2H3;3-5,13H,9H2,1-2H3;1-4H;2-4H2,1H3;4-6H2,1-3H3;1-4H2;3H,1-2H3;3H,2H2,1H3;2-3H,1H2. The lowest BCUT2D eigenvalue weighted by Crippen LogP contribution is -2.35. The van der Waals surface area contributed by atoms with Crippen LogP contribution in [0.5, 0.6) is 0 Å². The highest BCUT2D eigenvalue weighted by atomic mass is 79.9. The van der Waals surface area contributed by atoms with E-state index in [9.17, 15) is 96.1 Å². The second-order valence-electron chi connectivity index (χ2n) is 29.9. The van der Waals surface area contributed by atoms with Crippen LogP contribution in [-0.4, -0.2) is 287 Å². The normalized spacial score (nSPS) is 13.2. The van der Waals surface area contributed by atoms with Gasteiger partial charge in [0.25, 0.3) is 0 Å². The van der Waals surface area contributed by atoms with Gasteiger partial charge in [-0.2, -0.15) is 0 Å². The number of esters is 4. The van der Waals surface area contributed by atoms with E-state index < -0.39 is 110 Å². The number of thiol groups is 1. The monoisotopic (exact) mass is 2360 g/mol. The lowest BCUT2D eigenvalue weighted by atomic mass is 10.1. The third-order valence-electron chi connectivity index (χ3n) is 18.9. The predicted molar refractivity (Wildman–Crippen MR) is 586 cm³/mol. The Balaban J connectivity index is 0.000000835. The van der Waals surface area contributed by atoms with Crippen molar-refractivity contribution < 1.29 is 130 Å². The van der Waals surface area contributed by atoms with Crippen molar-refractivity contribution in [3.8, 4) is 0 Å². The van der Waals surface area contributed by atoms with Crippen LogP contribution in [0.15, 0.2) is 178 Å². The van der Waals surface area contributed by atoms with Crippen LogP contribution in [0.25, 0.3) is 20.4 Å². The number of carbonyl (C=O) groups excluding carboxylic acids is 6. The van der Waals surface area contributed by atoms with Gasteiger partial charge in [0.05, 0.1) is 187 Å². The van der Waals surface area contributed by atoms with E-state index in [1.54, 1.807) is 93.9 Å². The second kappa shape index (κ2) is 64.9. The number of aromatic nitrogens is 2. The fourth-order valence-corrected chi connectivity index (χ4v) is 19.4. The van der Waals surface area contributed by atoms with E-state index in [2.05, 4.69) is 96.2 Å². The summed E-state index contributed by atoms with van der Waals surface area (Å²) in [5.41, 5.74) is 16.9. The fraction of sp³-hybridized carbons (Fsp3) is 0.425. The van der Waals surface area contributed by atoms with Gasteiger partial charge in [-0.05, 0) is 189 Å². The summed E-state index contributed by atoms with van der Waals surface area (Å²) < 4.78 is 220. The number of hydrogen-bond acceptors (Lipinski definition) is 41. The number of ether oxygens (including phenoxy) is 5. The Bertz CT molecular complexity index is 6740. The van der Waals surface area contributed by atoms with E-state index in [0.717, 1.165) is 111 Å². The lowest BCUT2D eigenvalue weighted by Gasteiger charge is -2.30. The summed E-state index contributed by atoms with van der Waals surface area (Å²) >= 11 is 17.2. The van der Waals surface area contributed by atoms with Gasteiger partial charge < -0.3 is 55.3 Å². The number of nitrogens with two attached hydrogens (primary N) is 2. The number of rotatable bonds is 27. The summed E-state index contributed by atoms with van der Waals surface area (Å²) in [5, 5.41) is 24.2. The zero-order chi connectivity index (χ0) is 112. The Kier molecular flexibility index (Phi) is 59.8. The summed E-state index contributed by atoms with van der Waals surface area (Å²) in [6, 6.07) is 29.6. The number of nitrogen functional groups attached to an aromatic ring is 1. The molecule has 0 unspecified atom stereocenters. The number of aliphatic hydroxyl groups excluding tert-OH is 1. The molecule has 10 N–H and O–H groups in total. The number of nitrogens with one attached hydrogen (secondary N) is 4. The van der Waals surface area contributed by atoms with Gasteiger partial charge in [-0.1, -0.05) is 48.5 Å². The van der Waals surface area contributed by atoms with Crippen LogP contribution in [0.1, 0.15) is 93.9 Å². The van der Waals surface area contributed by atoms with Crippen molar-refractivity contribution in [2.45, 2.75) is 113 Å². The van der Waals surface area contributed by atoms with Crippen LogP contribution in [0.2, 0.25) is 0 Å². The quantitative estimate of drug-likeness (QED) is 0.00266. The van der Waals surface area contributed by atoms with E-state index in [0.29, 0.717) is 40.9 Å². The lowest BCUT2D eigenvalue weighted by molar-refractivity contribution is -0.145. The molecule has 4 aliphatic rings. The average Bonchev–Trinajstić information content (AvgIpc) is 0.803. The van der Waals surface area contributed by atoms with Gasteiger partial charge in [-0.3, -0.25) is 55.2 Å². The van der Waals surface area contributed by atoms with Gasteiger partial charge >= 0.3 is 23.9 Å². The molecule has 814 valence electrons. The molecular formula is C87H128BBrClN15O29S12. The predicted octanol–water partition coefficient (Wildman–Crippen LogP) is 10.8. The summed E-state index contributed by atoms with van der Waals surface area (Å²) in [4.78, 5) is 80.3. The first kappa shape index (κ1) is 135. The minimum atomic E-state index is -4.06. The van der Waals surface area contributed by atoms with Gasteiger partial charge in [0.1, 0.15) is 6.42 Å². The number of alkyl halides is 1. The number of thiazole rings is 2. The molecule has 0 atom stereocenters. The molecular weight excluding hydrogens is 2230 g/mol. The van der Waals surface area contributed by atoms with E-state index in [1.807, 2.05) is 35.2 Å². The number of sulfonamides is 6. The second-order valence-corrected chi connectivity index (χ2v) is 49.8. The maximum Gasteiger partial charge on any atom is 0.313 e. The Hall–Kier alpha value is -9.41. The zero-order valence-electron chi connectivity index (χ0n) is 84.2. The topological polar surface area (TPSA) is 611 Å². The number of hydrazine groups is 1. The number of carbonyl (C=O) groups is 6. The molecule has 44 nitrogen and oxygen atoms in total. The van der Waals surface area contributed by atoms with E-state index in [4.69, 9.17) is 54.4 Å². The van der Waals surface area contributed by atoms with Crippen LogP contribution in [-0.2, 0) is 127 Å². The highest BCUT2D eigenvalue weighted by molar-refractivity contribution is 9.10. The molecule has 0 bridgehead atoms. The molecule has 0 spiro atoms. The van der Waals surface area contributed by atoms with Crippen molar-refractivity contribution in [3.63, 3.8) is 0 Å². The number of Topliss-reactive ketones (excluding diaryl/α,β-unsaturated/α-hetero) is 1. The highest BCUT2D eigenvalue weighted by Gasteiger charge is 2.35. The number of benzene rings is 6. The molecule has 1 fully saturated rings. The fourth-order valence-electron chi connectivity index (χ4n) is 11.1. The third kappa shape index (κ3) is 48.9. The molecule has 6 aromatic carbocycles. The van der Waals surface area contributed by atoms with Crippen molar-refractivity contribution in [3.05, 3.63) is 158 Å². The largest absolute Gasteiger partial charge is 0.466 e. The Labute approximate surface area is 888 Å². The van der Waals surface area contributed by atoms with Crippen molar-refractivity contribution >= 4 is 269 Å². The summed E-state index contributed by atoms with van der Waals surface area (Å²) in [7, 11) is -13.7. The molecule has 12 rings (SSSR count). The number of aliphatic hydroxyl groups is 1. The summed E-state index contributed by atoms with van der Waals surface area (Å²) in [6.45, 7) is 21.7. The zero-order valence-corrected chi connectivity index (χ0v) is 96.4. The Morgan fingerprint density at radius 1 is 0.548 bits per heavy atom. The van der Waals surface area contributed by atoms with Crippen molar-refractivity contribution in [1.29, 1.82) is 0 Å². The van der Waals surface area contributed by atoms with Crippen LogP contribution < -0.4 is 58.9 Å². The van der Waals surface area contributed by atoms with Crippen LogP contribution in [0.3, 0.4) is 0 Å². The van der Waals surface area contributed by atoms with Crippen molar-refractivity contribution in [2.24, 2.45) is 5.84 Å². The molecule has 2 radical (unpaired) electrons. The Morgan fingerprint density at radius 3 is 1.32 bits per heavy atom. The first-order valence-electron chi connectivity index (χ1n) is 43.4. The molecule has 1 amide bonds. The van der Waals surface area contributed by atoms with Crippen LogP contribution in [0.4, 0.5) is 56.0 Å². The molecule has 4 aliphatic heterocycles. The maximum atomic E-state index is 12.6. The number of sulfone groups is 2. The average molecular weight is 2360 g/mol. The number of nitrogens with zero attached hydrogens (tertiary/aromatic N) is 9. The third-order valence-corrected chi connectivity index (χ3v) is 32.5. The van der Waals surface area contributed by atoms with Crippen LogP contribution in [0, 0.1) is 0 Å². The molecule has 1 saturated heterocycles. The number of amides is 1. The molecule has 59 heteroatoms. The molecule has 0 aliphatic carbocycles. The molecule has 0 saturated carbocycles. The molecule has 146 heavy (non-hydrogen) atoms. The number of hydrogen-bond donors (Lipinski definition) is 9. The molecule has 8 aromatic rings. The van der Waals surface area contributed by atoms with Crippen molar-refractivity contribution in [1.82, 2.24) is 25.2 Å². The number of ketones is 1. The highest BCUT2D eigenvalue weighted by Crippen LogP contribution is 2.41. The van der Waals surface area contributed by atoms with Crippen molar-refractivity contribution in [2.75, 3.05) is 194 Å². The van der Waals surface area contributed by atoms with Gasteiger partial charge in [0.2, 0.25) is 87.7 Å². The summed E-state index contributed by atoms with van der Waals surface area (Å²) in [6.07, 6.45) is 8.44. The maximum absolute atomic E-state index is 12.6. The minimum absolute atomic E-state index is 0.0527. The molecule has 2 aromatic heterocycles. The number of anilines is 9. The number of fused-ring (bicyclic) bond motifs is 5. The number of thioether (sulfide) groups is 1. The van der Waals surface area contributed by atoms with E-state index >= 15 is 0 Å². The molecule has 6 heterocycles. The van der Waals surface area contributed by atoms with E-state index in [-0.39, 0.29) is 101 Å². The smallest absolute Gasteiger partial charge is 0.313 e. The van der Waals surface area contributed by atoms with E-state index in [1.165, 1.54) is 158 Å². The minimum Gasteiger partial charge on any atom is -0.466 e. The van der Waals surface area contributed by atoms with Gasteiger partial charge in [-0.15, -0.1) is 52.5 Å². The first-order valence-corrected chi connectivity index (χ1v) is 62.0. The van der Waals surface area contributed by atoms with Gasteiger partial charge in [-0.25, -0.2) is 87.9 Å². The van der Waals surface area contributed by atoms with Gasteiger partial charge in [0.15, 0.2) is 11.6 Å². The Morgan fingerprint density at radius 2 is 0.918 bits per heavy atom. The number of halogens is 2. The van der Waals surface area contributed by atoms with Gasteiger partial charge in [0, 0.05) is 92.1 Å².